The lowest BCUT2D eigenvalue weighted by molar-refractivity contribution is 0.0171. The predicted octanol–water partition coefficient (Wildman–Crippen LogP) is 4.79. The van der Waals surface area contributed by atoms with Crippen LogP contribution in [0.2, 0.25) is 0 Å². The van der Waals surface area contributed by atoms with Crippen molar-refractivity contribution < 1.29 is 19.0 Å². The van der Waals surface area contributed by atoms with Gasteiger partial charge in [0.1, 0.15) is 23.7 Å². The Kier molecular flexibility index (Phi) is 3.40. The maximum atomic E-state index is 12.6. The Bertz CT molecular complexity index is 1260. The first-order valence-electron chi connectivity index (χ1n) is 10.5. The topological polar surface area (TPSA) is 68.9 Å². The minimum Gasteiger partial charge on any atom is -0.489 e. The minimum absolute atomic E-state index is 0.0115. The van der Waals surface area contributed by atoms with Crippen molar-refractivity contribution in [2.45, 2.75) is 51.9 Å². The Hall–Kier alpha value is -2.79. The van der Waals surface area contributed by atoms with Gasteiger partial charge in [0.25, 0.3) is 0 Å². The quantitative estimate of drug-likeness (QED) is 0.591. The number of hydrogen-bond donors (Lipinski definition) is 1. The van der Waals surface area contributed by atoms with Crippen LogP contribution >= 0.6 is 0 Å². The smallest absolute Gasteiger partial charge is 0.336 e. The van der Waals surface area contributed by atoms with Crippen LogP contribution in [-0.4, -0.2) is 17.3 Å². The molecule has 1 fully saturated rings. The second-order valence-corrected chi connectivity index (χ2v) is 9.50. The molecule has 1 N–H and O–H groups in total. The van der Waals surface area contributed by atoms with Gasteiger partial charge in [0.05, 0.1) is 17.1 Å². The molecule has 5 nitrogen and oxygen atoms in total. The molecule has 0 bridgehead atoms. The van der Waals surface area contributed by atoms with E-state index in [-0.39, 0.29) is 29.5 Å². The molecule has 0 radical (unpaired) electrons. The van der Waals surface area contributed by atoms with Crippen molar-refractivity contribution in [2.75, 3.05) is 0 Å². The average Bonchev–Trinajstić information content (AvgIpc) is 3.06. The molecule has 1 aromatic heterocycles. The molecule has 0 spiro atoms. The van der Waals surface area contributed by atoms with Crippen molar-refractivity contribution in [2.24, 2.45) is 11.3 Å². The summed E-state index contributed by atoms with van der Waals surface area (Å²) in [5.41, 5.74) is 3.20. The first-order chi connectivity index (χ1) is 14.3. The molecular weight excluding hydrogens is 380 g/mol. The Morgan fingerprint density at radius 3 is 2.47 bits per heavy atom. The first-order valence-corrected chi connectivity index (χ1v) is 10.5. The summed E-state index contributed by atoms with van der Waals surface area (Å²) in [7, 11) is 0. The summed E-state index contributed by atoms with van der Waals surface area (Å²) in [4.78, 5) is 12.6. The zero-order chi connectivity index (χ0) is 20.9. The maximum Gasteiger partial charge on any atom is 0.336 e. The van der Waals surface area contributed by atoms with Crippen LogP contribution < -0.4 is 15.1 Å². The molecule has 0 amide bonds. The highest BCUT2D eigenvalue weighted by Gasteiger charge is 2.67. The van der Waals surface area contributed by atoms with E-state index >= 15 is 0 Å². The van der Waals surface area contributed by atoms with Gasteiger partial charge in [0.15, 0.2) is 5.58 Å². The number of hydrogen-bond acceptors (Lipinski definition) is 5. The molecule has 1 saturated carbocycles. The van der Waals surface area contributed by atoms with Crippen LogP contribution in [-0.2, 0) is 0 Å². The number of aliphatic hydroxyl groups excluding tert-OH is 1. The highest BCUT2D eigenvalue weighted by molar-refractivity contribution is 6.03. The van der Waals surface area contributed by atoms with Crippen molar-refractivity contribution >= 4 is 11.0 Å². The van der Waals surface area contributed by atoms with Crippen molar-refractivity contribution in [1.29, 1.82) is 0 Å². The number of benzene rings is 2. The second-order valence-electron chi connectivity index (χ2n) is 9.50. The van der Waals surface area contributed by atoms with Gasteiger partial charge in [-0.1, -0.05) is 51.1 Å². The van der Waals surface area contributed by atoms with Crippen LogP contribution in [0.3, 0.4) is 0 Å². The molecule has 2 aromatic carbocycles. The second kappa shape index (κ2) is 5.67. The lowest BCUT2D eigenvalue weighted by atomic mass is 9.84. The zero-order valence-electron chi connectivity index (χ0n) is 17.4. The summed E-state index contributed by atoms with van der Waals surface area (Å²) in [6, 6.07) is 11.3. The third-order valence-corrected chi connectivity index (χ3v) is 7.37. The molecule has 0 unspecified atom stereocenters. The van der Waals surface area contributed by atoms with Gasteiger partial charge in [-0.3, -0.25) is 0 Å². The van der Waals surface area contributed by atoms with Gasteiger partial charge in [-0.2, -0.15) is 0 Å². The summed E-state index contributed by atoms with van der Waals surface area (Å²) in [5, 5.41) is 12.0. The van der Waals surface area contributed by atoms with Crippen molar-refractivity contribution in [3.05, 3.63) is 57.9 Å². The predicted molar refractivity (Wildman–Crippen MR) is 113 cm³/mol. The molecule has 30 heavy (non-hydrogen) atoms. The SMILES string of the molecule is C[C@@H]1[C@H](O)c2c(c3c(c4c(-c5ccccc5)cc(=O)oc24)O[C@H]2[C@@H]3C2(C)C)O[C@@H]1C. The normalized spacial score (nSPS) is 30.1. The molecule has 6 rings (SSSR count). The van der Waals surface area contributed by atoms with E-state index in [0.29, 0.717) is 16.9 Å². The lowest BCUT2D eigenvalue weighted by Crippen LogP contribution is -2.33. The molecule has 5 atom stereocenters. The average molecular weight is 404 g/mol. The van der Waals surface area contributed by atoms with E-state index in [1.165, 1.54) is 6.07 Å². The van der Waals surface area contributed by atoms with Crippen LogP contribution in [0.4, 0.5) is 0 Å². The van der Waals surface area contributed by atoms with E-state index in [1.807, 2.05) is 44.2 Å². The minimum atomic E-state index is -0.786. The number of aliphatic hydroxyl groups is 1. The molecule has 2 aliphatic heterocycles. The summed E-state index contributed by atoms with van der Waals surface area (Å²) >= 11 is 0. The largest absolute Gasteiger partial charge is 0.489 e. The van der Waals surface area contributed by atoms with Gasteiger partial charge >= 0.3 is 5.63 Å². The summed E-state index contributed by atoms with van der Waals surface area (Å²) < 4.78 is 18.5. The monoisotopic (exact) mass is 404 g/mol. The van der Waals surface area contributed by atoms with Crippen molar-refractivity contribution in [1.82, 2.24) is 0 Å². The maximum absolute atomic E-state index is 12.6. The summed E-state index contributed by atoms with van der Waals surface area (Å²) in [6.07, 6.45) is -0.876. The van der Waals surface area contributed by atoms with Gasteiger partial charge in [-0.15, -0.1) is 0 Å². The Labute approximate surface area is 174 Å². The Morgan fingerprint density at radius 2 is 1.73 bits per heavy atom. The molecular formula is C25H24O5. The van der Waals surface area contributed by atoms with E-state index < -0.39 is 11.7 Å². The molecule has 5 heteroatoms. The van der Waals surface area contributed by atoms with Crippen molar-refractivity contribution in [3.63, 3.8) is 0 Å². The van der Waals surface area contributed by atoms with Crippen LogP contribution in [0.5, 0.6) is 11.5 Å². The molecule has 3 aliphatic rings. The zero-order valence-corrected chi connectivity index (χ0v) is 17.4. The molecule has 154 valence electrons. The van der Waals surface area contributed by atoms with Crippen molar-refractivity contribution in [3.8, 4) is 22.6 Å². The van der Waals surface area contributed by atoms with E-state index in [1.54, 1.807) is 0 Å². The van der Waals surface area contributed by atoms with Gasteiger partial charge in [-0.05, 0) is 12.5 Å². The molecule has 0 saturated heterocycles. The van der Waals surface area contributed by atoms with E-state index in [9.17, 15) is 9.90 Å². The van der Waals surface area contributed by atoms with E-state index in [0.717, 1.165) is 27.8 Å². The third-order valence-electron chi connectivity index (χ3n) is 7.37. The molecule has 3 aromatic rings. The number of rotatable bonds is 1. The third kappa shape index (κ3) is 2.13. The fourth-order valence-electron chi connectivity index (χ4n) is 5.31. The summed E-state index contributed by atoms with van der Waals surface area (Å²) in [5.74, 6) is 1.44. The lowest BCUT2D eigenvalue weighted by Gasteiger charge is -2.35. The van der Waals surface area contributed by atoms with Gasteiger partial charge in [-0.25, -0.2) is 4.79 Å². The Balaban J connectivity index is 1.77. The van der Waals surface area contributed by atoms with Crippen LogP contribution in [0.25, 0.3) is 22.1 Å². The summed E-state index contributed by atoms with van der Waals surface area (Å²) in [6.45, 7) is 8.30. The molecule has 3 heterocycles. The van der Waals surface area contributed by atoms with E-state index in [4.69, 9.17) is 13.9 Å². The Morgan fingerprint density at radius 1 is 1.00 bits per heavy atom. The van der Waals surface area contributed by atoms with Gasteiger partial charge in [0.2, 0.25) is 0 Å². The van der Waals surface area contributed by atoms with Crippen LogP contribution in [0.1, 0.15) is 50.8 Å². The highest BCUT2D eigenvalue weighted by Crippen LogP contribution is 2.71. The van der Waals surface area contributed by atoms with E-state index in [2.05, 4.69) is 13.8 Å². The molecule has 1 aliphatic carbocycles. The van der Waals surface area contributed by atoms with Gasteiger partial charge < -0.3 is 19.0 Å². The fraction of sp³-hybridized carbons (Fsp3) is 0.400. The fourth-order valence-corrected chi connectivity index (χ4v) is 5.31. The number of fused-ring (bicyclic) bond motifs is 8. The first kappa shape index (κ1) is 18.0. The van der Waals surface area contributed by atoms with Crippen LogP contribution in [0.15, 0.2) is 45.6 Å². The number of ether oxygens (including phenoxy) is 2. The van der Waals surface area contributed by atoms with Crippen LogP contribution in [0, 0.1) is 11.3 Å². The highest BCUT2D eigenvalue weighted by atomic mass is 16.5. The van der Waals surface area contributed by atoms with Gasteiger partial charge in [0, 0.05) is 34.4 Å². The standard InChI is InChI=1S/C25H24O5/c1-11-12(2)28-23-17-19-24(25(19,3)4)30-21(17)16-14(13-8-6-5-7-9-13)10-15(26)29-22(16)18(23)20(11)27/h5-12,19-20,24,27H,1-4H3/t11-,12+,19+,20-,24-/m0/s1.